The molecule has 62 valence electrons. The molecule has 1 aliphatic heterocycles. The molecule has 2 unspecified atom stereocenters. The van der Waals surface area contributed by atoms with Crippen molar-refractivity contribution < 1.29 is 10.1 Å². The van der Waals surface area contributed by atoms with Crippen LogP contribution in [0.25, 0.3) is 0 Å². The van der Waals surface area contributed by atoms with Crippen molar-refractivity contribution in [2.45, 2.75) is 38.1 Å². The van der Waals surface area contributed by atoms with Crippen molar-refractivity contribution in [2.24, 2.45) is 5.92 Å². The number of hydrogen-bond donors (Lipinski definition) is 1. The first-order valence-corrected chi connectivity index (χ1v) is 4.74. The van der Waals surface area contributed by atoms with Crippen LogP contribution in [0.4, 0.5) is 0 Å². The van der Waals surface area contributed by atoms with Crippen LogP contribution in [0.3, 0.4) is 0 Å². The summed E-state index contributed by atoms with van der Waals surface area (Å²) < 4.78 is 0. The van der Waals surface area contributed by atoms with Gasteiger partial charge in [-0.05, 0) is 12.8 Å². The first-order chi connectivity index (χ1) is 5.38. The number of hydrogen-bond acceptors (Lipinski definition) is 1. The van der Waals surface area contributed by atoms with E-state index in [0.29, 0.717) is 17.7 Å². The third-order valence-corrected chi connectivity index (χ3v) is 3.09. The second-order valence-electron chi connectivity index (χ2n) is 3.80. The van der Waals surface area contributed by atoms with Gasteiger partial charge in [-0.2, -0.15) is 0 Å². The molecule has 0 spiro atoms. The number of piperidine rings is 1. The van der Waals surface area contributed by atoms with Gasteiger partial charge in [0.25, 0.3) is 0 Å². The Morgan fingerprint density at radius 3 is 2.91 bits per heavy atom. The van der Waals surface area contributed by atoms with E-state index >= 15 is 0 Å². The van der Waals surface area contributed by atoms with Crippen LogP contribution in [0.1, 0.15) is 32.1 Å². The van der Waals surface area contributed by atoms with Crippen LogP contribution < -0.4 is 5.32 Å². The van der Waals surface area contributed by atoms with E-state index in [2.05, 4.69) is 5.32 Å². The highest BCUT2D eigenvalue weighted by Gasteiger charge is 2.36. The minimum atomic E-state index is 0.428. The zero-order valence-electron chi connectivity index (χ0n) is 6.88. The topological polar surface area (TPSA) is 33.7 Å². The lowest BCUT2D eigenvalue weighted by Crippen LogP contribution is -2.94. The fourth-order valence-electron chi connectivity index (χ4n) is 2.47. The zero-order chi connectivity index (χ0) is 7.68. The normalized spacial score (nSPS) is 38.4. The summed E-state index contributed by atoms with van der Waals surface area (Å²) in [4.78, 5) is 11.4. The molecule has 0 amide bonds. The van der Waals surface area contributed by atoms with Crippen molar-refractivity contribution in [3.8, 4) is 0 Å². The Morgan fingerprint density at radius 2 is 2.09 bits per heavy atom. The summed E-state index contributed by atoms with van der Waals surface area (Å²) >= 11 is 0. The van der Waals surface area contributed by atoms with Gasteiger partial charge in [0.05, 0.1) is 24.9 Å². The minimum Gasteiger partial charge on any atom is -0.343 e. The number of quaternary nitrogens is 1. The highest BCUT2D eigenvalue weighted by Crippen LogP contribution is 2.25. The van der Waals surface area contributed by atoms with Gasteiger partial charge in [0.2, 0.25) is 0 Å². The third-order valence-electron chi connectivity index (χ3n) is 3.09. The molecule has 2 heteroatoms. The molecule has 0 aromatic carbocycles. The Hall–Kier alpha value is -0.370. The lowest BCUT2D eigenvalue weighted by molar-refractivity contribution is -0.699. The van der Waals surface area contributed by atoms with Crippen molar-refractivity contribution in [3.63, 3.8) is 0 Å². The monoisotopic (exact) mass is 154 g/mol. The molecular formula is C9H16NO+. The molecule has 1 aliphatic carbocycles. The second kappa shape index (κ2) is 2.94. The molecule has 1 heterocycles. The van der Waals surface area contributed by atoms with E-state index in [1.54, 1.807) is 0 Å². The van der Waals surface area contributed by atoms with Gasteiger partial charge >= 0.3 is 0 Å². The highest BCUT2D eigenvalue weighted by atomic mass is 16.1. The van der Waals surface area contributed by atoms with Gasteiger partial charge < -0.3 is 5.32 Å². The summed E-state index contributed by atoms with van der Waals surface area (Å²) in [7, 11) is 0. The standard InChI is InChI=1S/C9H15NO/c11-9-5-6-10-8-4-2-1-3-7(8)9/h7-8,10H,1-6H2/p+1. The van der Waals surface area contributed by atoms with Crippen molar-refractivity contribution in [2.75, 3.05) is 6.54 Å². The number of nitrogens with two attached hydrogens (primary N) is 1. The summed E-state index contributed by atoms with van der Waals surface area (Å²) in [6.45, 7) is 1.04. The quantitative estimate of drug-likeness (QED) is 0.527. The molecule has 0 aromatic heterocycles. The Kier molecular flexibility index (Phi) is 1.95. The third kappa shape index (κ3) is 1.32. The largest absolute Gasteiger partial charge is 0.343 e. The summed E-state index contributed by atoms with van der Waals surface area (Å²) in [5.74, 6) is 0.967. The lowest BCUT2D eigenvalue weighted by Gasteiger charge is -2.31. The Morgan fingerprint density at radius 1 is 1.27 bits per heavy atom. The molecule has 0 radical (unpaired) electrons. The molecule has 2 fully saturated rings. The molecule has 1 saturated carbocycles. The van der Waals surface area contributed by atoms with Gasteiger partial charge in [-0.25, -0.2) is 0 Å². The average Bonchev–Trinajstić information content (AvgIpc) is 2.06. The van der Waals surface area contributed by atoms with Crippen LogP contribution >= 0.6 is 0 Å². The summed E-state index contributed by atoms with van der Waals surface area (Å²) in [6.07, 6.45) is 5.88. The first-order valence-electron chi connectivity index (χ1n) is 4.74. The summed E-state index contributed by atoms with van der Waals surface area (Å²) in [6, 6.07) is 0.657. The zero-order valence-corrected chi connectivity index (χ0v) is 6.88. The number of carbonyl (C=O) groups excluding carboxylic acids is 1. The van der Waals surface area contributed by atoms with Crippen LogP contribution in [-0.2, 0) is 4.79 Å². The van der Waals surface area contributed by atoms with Crippen molar-refractivity contribution in [1.29, 1.82) is 0 Å². The maximum Gasteiger partial charge on any atom is 0.147 e. The second-order valence-corrected chi connectivity index (χ2v) is 3.80. The number of ketones is 1. The van der Waals surface area contributed by atoms with Crippen LogP contribution in [-0.4, -0.2) is 18.4 Å². The molecule has 2 rings (SSSR count). The first kappa shape index (κ1) is 7.29. The molecule has 0 bridgehead atoms. The van der Waals surface area contributed by atoms with E-state index in [9.17, 15) is 4.79 Å². The Balaban J connectivity index is 2.05. The summed E-state index contributed by atoms with van der Waals surface area (Å²) in [5, 5.41) is 2.38. The van der Waals surface area contributed by atoms with Crippen molar-refractivity contribution in [1.82, 2.24) is 0 Å². The van der Waals surface area contributed by atoms with E-state index in [0.717, 1.165) is 13.0 Å². The van der Waals surface area contributed by atoms with Gasteiger partial charge in [-0.3, -0.25) is 4.79 Å². The highest BCUT2D eigenvalue weighted by molar-refractivity contribution is 5.82. The van der Waals surface area contributed by atoms with Gasteiger partial charge in [-0.15, -0.1) is 0 Å². The van der Waals surface area contributed by atoms with Gasteiger partial charge in [0.1, 0.15) is 5.78 Å². The maximum absolute atomic E-state index is 11.4. The molecule has 2 nitrogen and oxygen atoms in total. The van der Waals surface area contributed by atoms with Crippen molar-refractivity contribution >= 4 is 5.78 Å². The summed E-state index contributed by atoms with van der Waals surface area (Å²) in [5.41, 5.74) is 0. The molecule has 1 saturated heterocycles. The van der Waals surface area contributed by atoms with Crippen LogP contribution in [0, 0.1) is 5.92 Å². The number of rotatable bonds is 0. The molecule has 11 heavy (non-hydrogen) atoms. The van der Waals surface area contributed by atoms with Gasteiger partial charge in [0.15, 0.2) is 0 Å². The van der Waals surface area contributed by atoms with Crippen LogP contribution in [0.5, 0.6) is 0 Å². The smallest absolute Gasteiger partial charge is 0.147 e. The van der Waals surface area contributed by atoms with E-state index in [1.165, 1.54) is 25.7 Å². The van der Waals surface area contributed by atoms with E-state index < -0.39 is 0 Å². The number of fused-ring (bicyclic) bond motifs is 1. The predicted molar refractivity (Wildman–Crippen MR) is 42.2 cm³/mol. The molecule has 2 N–H and O–H groups in total. The van der Waals surface area contributed by atoms with Crippen LogP contribution in [0.15, 0.2) is 0 Å². The SMILES string of the molecule is O=C1CC[NH2+]C2CCCCC12. The number of Topliss-reactive ketones (excluding diaryl/α,β-unsaturated/α-hetero) is 1. The Labute approximate surface area is 67.4 Å². The van der Waals surface area contributed by atoms with E-state index in [4.69, 9.17) is 0 Å². The molecule has 2 atom stereocenters. The van der Waals surface area contributed by atoms with Gasteiger partial charge in [0, 0.05) is 6.42 Å². The van der Waals surface area contributed by atoms with Crippen molar-refractivity contribution in [3.05, 3.63) is 0 Å². The Bertz CT molecular complexity index is 165. The van der Waals surface area contributed by atoms with E-state index in [-0.39, 0.29) is 0 Å². The van der Waals surface area contributed by atoms with Gasteiger partial charge in [-0.1, -0.05) is 6.42 Å². The predicted octanol–water partition coefficient (Wildman–Crippen LogP) is 0.0814. The molecular weight excluding hydrogens is 138 g/mol. The lowest BCUT2D eigenvalue weighted by atomic mass is 9.79. The number of carbonyl (C=O) groups is 1. The van der Waals surface area contributed by atoms with Crippen LogP contribution in [0.2, 0.25) is 0 Å². The maximum atomic E-state index is 11.4. The fourth-order valence-corrected chi connectivity index (χ4v) is 2.47. The molecule has 2 aliphatic rings. The fraction of sp³-hybridized carbons (Fsp3) is 0.889. The minimum absolute atomic E-state index is 0.428. The average molecular weight is 154 g/mol. The molecule has 0 aromatic rings. The van der Waals surface area contributed by atoms with E-state index in [1.807, 2.05) is 0 Å².